The molecule has 3 heterocycles. The van der Waals surface area contributed by atoms with Gasteiger partial charge >= 0.3 is 0 Å². The number of likely N-dealkylation sites (tertiary alicyclic amines) is 1. The molecule has 3 aliphatic rings. The van der Waals surface area contributed by atoms with Crippen LogP contribution in [0.1, 0.15) is 18.9 Å². The number of rotatable bonds is 10. The van der Waals surface area contributed by atoms with E-state index in [0.717, 1.165) is 5.56 Å². The van der Waals surface area contributed by atoms with Crippen LogP contribution in [0.2, 0.25) is 0 Å². The normalized spacial score (nSPS) is 31.2. The largest absolute Gasteiger partial charge is 0.394 e. The van der Waals surface area contributed by atoms with E-state index in [9.17, 15) is 19.5 Å². The Labute approximate surface area is 220 Å². The van der Waals surface area contributed by atoms with Crippen molar-refractivity contribution in [3.63, 3.8) is 0 Å². The van der Waals surface area contributed by atoms with Crippen molar-refractivity contribution in [1.29, 1.82) is 0 Å². The molecule has 7 atom stereocenters. The molecule has 8 nitrogen and oxygen atoms in total. The van der Waals surface area contributed by atoms with Crippen LogP contribution >= 0.6 is 15.9 Å². The Morgan fingerprint density at radius 2 is 1.92 bits per heavy atom. The predicted molar refractivity (Wildman–Crippen MR) is 139 cm³/mol. The van der Waals surface area contributed by atoms with Crippen LogP contribution in [0, 0.1) is 11.8 Å². The van der Waals surface area contributed by atoms with Gasteiger partial charge in [0, 0.05) is 31.5 Å². The Bertz CT molecular complexity index is 1040. The number of alkyl halides is 1. The zero-order chi connectivity index (χ0) is 26.2. The lowest BCUT2D eigenvalue weighted by Gasteiger charge is -2.38. The number of amides is 3. The zero-order valence-corrected chi connectivity index (χ0v) is 22.3. The van der Waals surface area contributed by atoms with Crippen LogP contribution in [-0.2, 0) is 25.7 Å². The molecule has 3 unspecified atom stereocenters. The second-order valence-electron chi connectivity index (χ2n) is 9.94. The molecule has 4 rings (SSSR count). The van der Waals surface area contributed by atoms with Gasteiger partial charge < -0.3 is 24.5 Å². The highest BCUT2D eigenvalue weighted by atomic mass is 79.9. The van der Waals surface area contributed by atoms with Crippen LogP contribution in [0.25, 0.3) is 0 Å². The first-order valence-electron chi connectivity index (χ1n) is 12.3. The van der Waals surface area contributed by atoms with E-state index in [-0.39, 0.29) is 35.7 Å². The molecule has 0 aliphatic carbocycles. The van der Waals surface area contributed by atoms with E-state index in [1.165, 1.54) is 9.80 Å². The third-order valence-electron chi connectivity index (χ3n) is 7.64. The van der Waals surface area contributed by atoms with Crippen molar-refractivity contribution in [2.75, 3.05) is 26.7 Å². The molecule has 36 heavy (non-hydrogen) atoms. The summed E-state index contributed by atoms with van der Waals surface area (Å²) in [4.78, 5) is 46.2. The summed E-state index contributed by atoms with van der Waals surface area (Å²) >= 11 is 3.68. The number of benzene rings is 1. The average molecular weight is 560 g/mol. The molecule has 1 aromatic rings. The molecule has 1 N–H and O–H groups in total. The summed E-state index contributed by atoms with van der Waals surface area (Å²) < 4.78 is 6.53. The van der Waals surface area contributed by atoms with E-state index in [4.69, 9.17) is 4.74 Å². The van der Waals surface area contributed by atoms with Crippen molar-refractivity contribution >= 4 is 33.7 Å². The number of fused-ring (bicyclic) bond motifs is 1. The van der Waals surface area contributed by atoms with Crippen molar-refractivity contribution in [1.82, 2.24) is 14.7 Å². The molecule has 1 aromatic carbocycles. The molecule has 0 aromatic heterocycles. The number of aliphatic hydroxyl groups is 1. The Hall–Kier alpha value is -2.49. The molecule has 3 amide bonds. The van der Waals surface area contributed by atoms with Crippen LogP contribution in [0.3, 0.4) is 0 Å². The topological polar surface area (TPSA) is 90.4 Å². The van der Waals surface area contributed by atoms with E-state index in [1.54, 1.807) is 31.0 Å². The Morgan fingerprint density at radius 3 is 2.53 bits per heavy atom. The van der Waals surface area contributed by atoms with Crippen LogP contribution in [-0.4, -0.2) is 92.9 Å². The van der Waals surface area contributed by atoms with Gasteiger partial charge in [-0.15, -0.1) is 13.2 Å². The fourth-order valence-electron chi connectivity index (χ4n) is 6.09. The fourth-order valence-corrected chi connectivity index (χ4v) is 7.04. The maximum absolute atomic E-state index is 14.3. The monoisotopic (exact) mass is 559 g/mol. The summed E-state index contributed by atoms with van der Waals surface area (Å²) in [6.45, 7) is 9.89. The Kier molecular flexibility index (Phi) is 7.73. The molecule has 1 spiro atoms. The lowest BCUT2D eigenvalue weighted by molar-refractivity contribution is -0.151. The SMILES string of the molecule is C=CCN(C)C(=O)[C@H]1[C@H]2C(=O)N([C@H](C)CO)C(C(=O)N(CC=C)Cc3ccccc3)C23CC(Br)[C@@H]1O3. The standard InChI is InChI=1S/C27H34BrN3O5/c1-5-12-29(4)24(33)20-21-25(34)31(17(3)16-32)23(27(21)14-19(28)22(20)36-27)26(35)30(13-6-2)15-18-10-8-7-9-11-18/h5-11,17,19-23,32H,1-2,12-16H2,3-4H3/t17-,19?,20+,21+,22+,23?,27?/m1/s1. The van der Waals surface area contributed by atoms with E-state index in [1.807, 2.05) is 30.3 Å². The summed E-state index contributed by atoms with van der Waals surface area (Å²) in [5, 5.41) is 10.0. The van der Waals surface area contributed by atoms with Gasteiger partial charge in [-0.25, -0.2) is 0 Å². The third kappa shape index (κ3) is 4.21. The molecule has 194 valence electrons. The molecule has 9 heteroatoms. The number of likely N-dealkylation sites (N-methyl/N-ethyl adjacent to an activating group) is 1. The van der Waals surface area contributed by atoms with E-state index >= 15 is 0 Å². The minimum absolute atomic E-state index is 0.186. The fraction of sp³-hybridized carbons (Fsp3) is 0.519. The van der Waals surface area contributed by atoms with Gasteiger partial charge in [-0.05, 0) is 18.9 Å². The third-order valence-corrected chi connectivity index (χ3v) is 8.49. The smallest absolute Gasteiger partial charge is 0.249 e. The maximum Gasteiger partial charge on any atom is 0.249 e. The second kappa shape index (κ2) is 10.5. The van der Waals surface area contributed by atoms with Gasteiger partial charge in [0.1, 0.15) is 11.6 Å². The van der Waals surface area contributed by atoms with Gasteiger partial charge in [0.15, 0.2) is 0 Å². The molecular formula is C27H34BrN3O5. The number of halogens is 1. The van der Waals surface area contributed by atoms with E-state index in [0.29, 0.717) is 19.5 Å². The van der Waals surface area contributed by atoms with Crippen molar-refractivity contribution in [3.8, 4) is 0 Å². The van der Waals surface area contributed by atoms with Crippen LogP contribution < -0.4 is 0 Å². The molecular weight excluding hydrogens is 526 g/mol. The molecule has 2 bridgehead atoms. The molecule has 0 saturated carbocycles. The first-order chi connectivity index (χ1) is 17.2. The lowest BCUT2D eigenvalue weighted by atomic mass is 9.70. The van der Waals surface area contributed by atoms with Gasteiger partial charge in [0.25, 0.3) is 0 Å². The number of aliphatic hydroxyl groups excluding tert-OH is 1. The van der Waals surface area contributed by atoms with Gasteiger partial charge in [-0.3, -0.25) is 14.4 Å². The summed E-state index contributed by atoms with van der Waals surface area (Å²) in [5.74, 6) is -2.33. The second-order valence-corrected chi connectivity index (χ2v) is 11.1. The van der Waals surface area contributed by atoms with Crippen LogP contribution in [0.15, 0.2) is 55.6 Å². The Morgan fingerprint density at radius 1 is 1.25 bits per heavy atom. The Balaban J connectivity index is 1.76. The van der Waals surface area contributed by atoms with Crippen LogP contribution in [0.5, 0.6) is 0 Å². The van der Waals surface area contributed by atoms with E-state index < -0.39 is 35.6 Å². The first-order valence-corrected chi connectivity index (χ1v) is 13.2. The minimum Gasteiger partial charge on any atom is -0.394 e. The van der Waals surface area contributed by atoms with Gasteiger partial charge in [-0.2, -0.15) is 0 Å². The minimum atomic E-state index is -1.16. The number of hydrogen-bond donors (Lipinski definition) is 1. The maximum atomic E-state index is 14.3. The number of carbonyl (C=O) groups is 3. The van der Waals surface area contributed by atoms with Crippen molar-refractivity contribution < 1.29 is 24.2 Å². The van der Waals surface area contributed by atoms with Crippen molar-refractivity contribution in [2.45, 2.75) is 48.5 Å². The zero-order valence-electron chi connectivity index (χ0n) is 20.8. The summed E-state index contributed by atoms with van der Waals surface area (Å²) in [6.07, 6.45) is 3.18. The summed E-state index contributed by atoms with van der Waals surface area (Å²) in [5.41, 5.74) is -0.219. The number of carbonyl (C=O) groups excluding carboxylic acids is 3. The predicted octanol–water partition coefficient (Wildman–Crippen LogP) is 1.97. The summed E-state index contributed by atoms with van der Waals surface area (Å²) in [6, 6.07) is 8.03. The average Bonchev–Trinajstić information content (AvgIpc) is 3.46. The van der Waals surface area contributed by atoms with Gasteiger partial charge in [0.05, 0.1) is 30.6 Å². The molecule has 3 aliphatic heterocycles. The van der Waals surface area contributed by atoms with Crippen molar-refractivity contribution in [3.05, 3.63) is 61.2 Å². The molecule has 3 saturated heterocycles. The van der Waals surface area contributed by atoms with Gasteiger partial charge in [0.2, 0.25) is 17.7 Å². The lowest BCUT2D eigenvalue weighted by Crippen LogP contribution is -2.58. The number of hydrogen-bond acceptors (Lipinski definition) is 5. The molecule has 0 radical (unpaired) electrons. The van der Waals surface area contributed by atoms with E-state index in [2.05, 4.69) is 29.1 Å². The highest BCUT2D eigenvalue weighted by Gasteiger charge is 2.77. The van der Waals surface area contributed by atoms with Gasteiger partial charge in [-0.1, -0.05) is 58.4 Å². The first kappa shape index (κ1) is 26.6. The number of nitrogens with zero attached hydrogens (tertiary/aromatic N) is 3. The quantitative estimate of drug-likeness (QED) is 0.349. The highest BCUT2D eigenvalue weighted by Crippen LogP contribution is 2.60. The highest BCUT2D eigenvalue weighted by molar-refractivity contribution is 9.09. The molecule has 3 fully saturated rings. The summed E-state index contributed by atoms with van der Waals surface area (Å²) in [7, 11) is 1.67. The van der Waals surface area contributed by atoms with Crippen molar-refractivity contribution in [2.24, 2.45) is 11.8 Å². The van der Waals surface area contributed by atoms with Crippen LogP contribution in [0.4, 0.5) is 0 Å². The number of ether oxygens (including phenoxy) is 1.